The quantitative estimate of drug-likeness (QED) is 0.223. The van der Waals surface area contributed by atoms with Crippen molar-refractivity contribution in [2.75, 3.05) is 25.9 Å². The summed E-state index contributed by atoms with van der Waals surface area (Å²) in [6.07, 6.45) is 2.36. The van der Waals surface area contributed by atoms with E-state index in [1.807, 2.05) is 73.1 Å². The third-order valence-corrected chi connectivity index (χ3v) is 6.17. The monoisotopic (exact) mass is 552 g/mol. The summed E-state index contributed by atoms with van der Waals surface area (Å²) in [5.74, 6) is 0.952. The number of halogens is 2. The minimum Gasteiger partial charge on any atom is -0.357 e. The lowest BCUT2D eigenvalue weighted by Crippen LogP contribution is -2.39. The highest BCUT2D eigenvalue weighted by Crippen LogP contribution is 2.14. The summed E-state index contributed by atoms with van der Waals surface area (Å²) in [5.41, 5.74) is 1.89. The van der Waals surface area contributed by atoms with Gasteiger partial charge in [-0.3, -0.25) is 4.99 Å². The van der Waals surface area contributed by atoms with Gasteiger partial charge in [0, 0.05) is 39.1 Å². The Hall–Kier alpha value is -1.26. The predicted octanol–water partition coefficient (Wildman–Crippen LogP) is 3.70. The van der Waals surface area contributed by atoms with Gasteiger partial charge in [-0.15, -0.1) is 24.0 Å². The van der Waals surface area contributed by atoms with Crippen LogP contribution < -0.4 is 5.32 Å². The number of rotatable bonds is 9. The lowest BCUT2D eigenvalue weighted by atomic mass is 10.2. The standard InChI is InChI=1S/C20H29ClN4O2S.HI/c1-4-22-20(25(3)15-19-13-18(21)14-24(19)2)23-11-8-12-28(26,27)16-17-9-6-5-7-10-17;/h5-7,9-10,13-14H,4,8,11-12,15-16H2,1-3H3,(H,22,23);1H. The molecule has 2 rings (SSSR count). The lowest BCUT2D eigenvalue weighted by Gasteiger charge is -2.22. The Kier molecular flexibility index (Phi) is 11.1. The van der Waals surface area contributed by atoms with Crippen molar-refractivity contribution in [2.24, 2.45) is 12.0 Å². The van der Waals surface area contributed by atoms with Gasteiger partial charge in [-0.1, -0.05) is 41.9 Å². The van der Waals surface area contributed by atoms with Gasteiger partial charge in [0.05, 0.1) is 23.1 Å². The second kappa shape index (κ2) is 12.4. The normalized spacial score (nSPS) is 11.8. The largest absolute Gasteiger partial charge is 0.357 e. The van der Waals surface area contributed by atoms with Crippen molar-refractivity contribution < 1.29 is 8.42 Å². The topological polar surface area (TPSA) is 66.7 Å². The first-order valence-corrected chi connectivity index (χ1v) is 11.5. The molecular formula is C20H30ClIN4O2S. The molecule has 0 unspecified atom stereocenters. The number of hydrogen-bond acceptors (Lipinski definition) is 3. The van der Waals surface area contributed by atoms with Gasteiger partial charge < -0.3 is 14.8 Å². The van der Waals surface area contributed by atoms with Crippen LogP contribution in [0.2, 0.25) is 5.02 Å². The Labute approximate surface area is 196 Å². The van der Waals surface area contributed by atoms with Crippen LogP contribution in [0.1, 0.15) is 24.6 Å². The molecule has 0 saturated carbocycles. The lowest BCUT2D eigenvalue weighted by molar-refractivity contribution is 0.462. The number of aliphatic imine (C=N–C) groups is 1. The van der Waals surface area contributed by atoms with Gasteiger partial charge in [-0.2, -0.15) is 0 Å². The minimum atomic E-state index is -3.14. The van der Waals surface area contributed by atoms with Crippen LogP contribution in [0.4, 0.5) is 0 Å². The van der Waals surface area contributed by atoms with Crippen LogP contribution in [0.5, 0.6) is 0 Å². The van der Waals surface area contributed by atoms with E-state index in [0.29, 0.717) is 24.5 Å². The molecule has 29 heavy (non-hydrogen) atoms. The van der Waals surface area contributed by atoms with Crippen molar-refractivity contribution in [2.45, 2.75) is 25.6 Å². The summed E-state index contributed by atoms with van der Waals surface area (Å²) in [6, 6.07) is 11.2. The fourth-order valence-corrected chi connectivity index (χ4v) is 4.57. The van der Waals surface area contributed by atoms with Crippen molar-refractivity contribution >= 4 is 51.4 Å². The molecule has 1 aromatic carbocycles. The van der Waals surface area contributed by atoms with Crippen molar-refractivity contribution in [3.63, 3.8) is 0 Å². The third kappa shape index (κ3) is 8.96. The van der Waals surface area contributed by atoms with Crippen LogP contribution in [0.25, 0.3) is 0 Å². The molecule has 0 amide bonds. The number of hydrogen-bond donors (Lipinski definition) is 1. The van der Waals surface area contributed by atoms with Gasteiger partial charge in [-0.25, -0.2) is 8.42 Å². The smallest absolute Gasteiger partial charge is 0.194 e. The second-order valence-electron chi connectivity index (χ2n) is 6.78. The molecule has 9 heteroatoms. The first-order valence-electron chi connectivity index (χ1n) is 9.35. The fourth-order valence-electron chi connectivity index (χ4n) is 2.88. The summed E-state index contributed by atoms with van der Waals surface area (Å²) in [4.78, 5) is 6.59. The molecule has 1 N–H and O–H groups in total. The number of nitrogens with zero attached hydrogens (tertiary/aromatic N) is 3. The van der Waals surface area contributed by atoms with Crippen molar-refractivity contribution in [3.8, 4) is 0 Å². The Morgan fingerprint density at radius 3 is 2.55 bits per heavy atom. The van der Waals surface area contributed by atoms with E-state index >= 15 is 0 Å². The second-order valence-corrected chi connectivity index (χ2v) is 9.40. The van der Waals surface area contributed by atoms with E-state index in [0.717, 1.165) is 23.8 Å². The van der Waals surface area contributed by atoms with Crippen LogP contribution in [0.3, 0.4) is 0 Å². The van der Waals surface area contributed by atoms with E-state index in [-0.39, 0.29) is 35.5 Å². The fraction of sp³-hybridized carbons (Fsp3) is 0.450. The molecule has 1 heterocycles. The predicted molar refractivity (Wildman–Crippen MR) is 132 cm³/mol. The van der Waals surface area contributed by atoms with E-state index in [4.69, 9.17) is 11.6 Å². The van der Waals surface area contributed by atoms with Crippen LogP contribution in [0.15, 0.2) is 47.6 Å². The van der Waals surface area contributed by atoms with Gasteiger partial charge in [0.25, 0.3) is 0 Å². The molecule has 162 valence electrons. The maximum atomic E-state index is 12.3. The summed E-state index contributed by atoms with van der Waals surface area (Å²) in [7, 11) is 0.770. The maximum absolute atomic E-state index is 12.3. The first kappa shape index (κ1) is 25.8. The zero-order chi connectivity index (χ0) is 20.6. The number of aromatic nitrogens is 1. The molecule has 0 aliphatic rings. The Morgan fingerprint density at radius 2 is 1.97 bits per heavy atom. The summed E-state index contributed by atoms with van der Waals surface area (Å²) >= 11 is 6.05. The summed E-state index contributed by atoms with van der Waals surface area (Å²) in [6.45, 7) is 3.85. The molecule has 0 aliphatic heterocycles. The highest BCUT2D eigenvalue weighted by Gasteiger charge is 2.13. The Morgan fingerprint density at radius 1 is 1.28 bits per heavy atom. The maximum Gasteiger partial charge on any atom is 0.194 e. The molecule has 2 aromatic rings. The molecule has 0 fully saturated rings. The number of sulfone groups is 1. The van der Waals surface area contributed by atoms with Crippen LogP contribution in [0, 0.1) is 0 Å². The number of nitrogens with one attached hydrogen (secondary N) is 1. The molecule has 0 aliphatic carbocycles. The summed E-state index contributed by atoms with van der Waals surface area (Å²) in [5, 5.41) is 3.96. The van der Waals surface area contributed by atoms with Crippen molar-refractivity contribution in [3.05, 3.63) is 58.9 Å². The van der Waals surface area contributed by atoms with E-state index in [1.54, 1.807) is 0 Å². The van der Waals surface area contributed by atoms with Gasteiger partial charge in [-0.05, 0) is 25.0 Å². The SMILES string of the molecule is CCNC(=NCCCS(=O)(=O)Cc1ccccc1)N(C)Cc1cc(Cl)cn1C.I. The van der Waals surface area contributed by atoms with Gasteiger partial charge in [0.1, 0.15) is 0 Å². The molecular weight excluding hydrogens is 523 g/mol. The molecule has 0 saturated heterocycles. The van der Waals surface area contributed by atoms with Gasteiger partial charge in [0.15, 0.2) is 15.8 Å². The molecule has 0 radical (unpaired) electrons. The van der Waals surface area contributed by atoms with E-state index in [1.165, 1.54) is 0 Å². The summed E-state index contributed by atoms with van der Waals surface area (Å²) < 4.78 is 26.6. The van der Waals surface area contributed by atoms with Gasteiger partial charge >= 0.3 is 0 Å². The zero-order valence-electron chi connectivity index (χ0n) is 17.1. The Bertz CT molecular complexity index is 885. The highest BCUT2D eigenvalue weighted by molar-refractivity contribution is 14.0. The average Bonchev–Trinajstić information content (AvgIpc) is 2.95. The highest BCUT2D eigenvalue weighted by atomic mass is 127. The van der Waals surface area contributed by atoms with Crippen LogP contribution in [-0.2, 0) is 29.2 Å². The number of aryl methyl sites for hydroxylation is 1. The zero-order valence-corrected chi connectivity index (χ0v) is 21.0. The molecule has 1 aromatic heterocycles. The van der Waals surface area contributed by atoms with Gasteiger partial charge in [0.2, 0.25) is 0 Å². The third-order valence-electron chi connectivity index (χ3n) is 4.27. The minimum absolute atomic E-state index is 0. The van der Waals surface area contributed by atoms with Crippen LogP contribution in [-0.4, -0.2) is 49.7 Å². The molecule has 0 atom stereocenters. The average molecular weight is 553 g/mol. The first-order chi connectivity index (χ1) is 13.3. The van der Waals surface area contributed by atoms with E-state index in [2.05, 4.69) is 10.3 Å². The molecule has 0 bridgehead atoms. The van der Waals surface area contributed by atoms with E-state index in [9.17, 15) is 8.42 Å². The molecule has 0 spiro atoms. The van der Waals surface area contributed by atoms with Crippen LogP contribution >= 0.6 is 35.6 Å². The Balaban J connectivity index is 0.00000420. The van der Waals surface area contributed by atoms with E-state index < -0.39 is 9.84 Å². The van der Waals surface area contributed by atoms with Crippen molar-refractivity contribution in [1.82, 2.24) is 14.8 Å². The number of benzene rings is 1. The number of guanidine groups is 1. The van der Waals surface area contributed by atoms with Crippen molar-refractivity contribution in [1.29, 1.82) is 0 Å². The molecule has 6 nitrogen and oxygen atoms in total.